The molecular formula is C14H11BrF3NO. The highest BCUT2D eigenvalue weighted by molar-refractivity contribution is 9.10. The Balaban J connectivity index is 2.15. The van der Waals surface area contributed by atoms with Crippen LogP contribution >= 0.6 is 15.9 Å². The van der Waals surface area contributed by atoms with E-state index in [0.717, 1.165) is 10.0 Å². The molecule has 0 bridgehead atoms. The van der Waals surface area contributed by atoms with Gasteiger partial charge in [0.25, 0.3) is 0 Å². The number of halogens is 4. The zero-order chi connectivity index (χ0) is 14.8. The summed E-state index contributed by atoms with van der Waals surface area (Å²) in [4.78, 5) is 0. The second-order valence-electron chi connectivity index (χ2n) is 4.15. The quantitative estimate of drug-likeness (QED) is 0.894. The van der Waals surface area contributed by atoms with Crippen molar-refractivity contribution in [1.29, 1.82) is 0 Å². The van der Waals surface area contributed by atoms with Gasteiger partial charge in [-0.05, 0) is 35.4 Å². The summed E-state index contributed by atoms with van der Waals surface area (Å²) in [7, 11) is 0. The Morgan fingerprint density at radius 1 is 0.900 bits per heavy atom. The van der Waals surface area contributed by atoms with Gasteiger partial charge in [-0.15, -0.1) is 13.2 Å². The summed E-state index contributed by atoms with van der Waals surface area (Å²) in [5.74, 6) is -0.260. The van der Waals surface area contributed by atoms with E-state index in [4.69, 9.17) is 5.73 Å². The van der Waals surface area contributed by atoms with E-state index >= 15 is 0 Å². The number of alkyl halides is 3. The van der Waals surface area contributed by atoms with E-state index in [1.54, 1.807) is 0 Å². The van der Waals surface area contributed by atoms with E-state index in [1.807, 2.05) is 24.3 Å². The van der Waals surface area contributed by atoms with Crippen molar-refractivity contribution in [2.75, 3.05) is 0 Å². The normalized spacial score (nSPS) is 13.1. The molecule has 0 heterocycles. The van der Waals surface area contributed by atoms with Crippen LogP contribution in [-0.2, 0) is 0 Å². The predicted octanol–water partition coefficient (Wildman–Crippen LogP) is 4.40. The SMILES string of the molecule is N[C@@H](c1ccc(Br)cc1)c1ccc(OC(F)(F)F)cc1. The van der Waals surface area contributed by atoms with E-state index in [9.17, 15) is 13.2 Å². The Hall–Kier alpha value is -1.53. The summed E-state index contributed by atoms with van der Waals surface area (Å²) in [5.41, 5.74) is 7.65. The number of hydrogen-bond donors (Lipinski definition) is 1. The molecule has 0 aromatic heterocycles. The van der Waals surface area contributed by atoms with Crippen molar-refractivity contribution >= 4 is 15.9 Å². The maximum Gasteiger partial charge on any atom is 0.573 e. The lowest BCUT2D eigenvalue weighted by molar-refractivity contribution is -0.274. The lowest BCUT2D eigenvalue weighted by Gasteiger charge is -2.14. The van der Waals surface area contributed by atoms with Crippen LogP contribution < -0.4 is 10.5 Å². The van der Waals surface area contributed by atoms with Crippen LogP contribution in [0.3, 0.4) is 0 Å². The van der Waals surface area contributed by atoms with Crippen LogP contribution in [0.15, 0.2) is 53.0 Å². The van der Waals surface area contributed by atoms with Gasteiger partial charge in [0.2, 0.25) is 0 Å². The number of hydrogen-bond acceptors (Lipinski definition) is 2. The minimum atomic E-state index is -4.69. The summed E-state index contributed by atoms with van der Waals surface area (Å²) >= 11 is 3.32. The molecule has 2 aromatic rings. The van der Waals surface area contributed by atoms with Gasteiger partial charge in [0, 0.05) is 4.47 Å². The molecular weight excluding hydrogens is 335 g/mol. The van der Waals surface area contributed by atoms with Crippen LogP contribution in [0.5, 0.6) is 5.75 Å². The average molecular weight is 346 g/mol. The van der Waals surface area contributed by atoms with Gasteiger partial charge < -0.3 is 10.5 Å². The largest absolute Gasteiger partial charge is 0.573 e. The molecule has 2 nitrogen and oxygen atoms in total. The van der Waals surface area contributed by atoms with Crippen molar-refractivity contribution < 1.29 is 17.9 Å². The van der Waals surface area contributed by atoms with E-state index in [2.05, 4.69) is 20.7 Å². The van der Waals surface area contributed by atoms with Gasteiger partial charge in [0.1, 0.15) is 5.75 Å². The third-order valence-corrected chi connectivity index (χ3v) is 3.23. The lowest BCUT2D eigenvalue weighted by Crippen LogP contribution is -2.17. The number of rotatable bonds is 3. The second-order valence-corrected chi connectivity index (χ2v) is 5.06. The molecule has 0 fully saturated rings. The maximum absolute atomic E-state index is 12.1. The number of benzene rings is 2. The molecule has 0 unspecified atom stereocenters. The topological polar surface area (TPSA) is 35.2 Å². The van der Waals surface area contributed by atoms with Gasteiger partial charge in [-0.25, -0.2) is 0 Å². The highest BCUT2D eigenvalue weighted by Gasteiger charge is 2.31. The standard InChI is InChI=1S/C14H11BrF3NO/c15-11-5-1-9(2-6-11)13(19)10-3-7-12(8-4-10)20-14(16,17)18/h1-8,13H,19H2/t13-/m0/s1. The van der Waals surface area contributed by atoms with Crippen LogP contribution in [0.1, 0.15) is 17.2 Å². The average Bonchev–Trinajstić information content (AvgIpc) is 2.38. The van der Waals surface area contributed by atoms with Crippen LogP contribution in [0, 0.1) is 0 Å². The summed E-state index contributed by atoms with van der Waals surface area (Å²) in [6.45, 7) is 0. The summed E-state index contributed by atoms with van der Waals surface area (Å²) in [6, 6.07) is 12.6. The van der Waals surface area contributed by atoms with Gasteiger partial charge in [-0.3, -0.25) is 0 Å². The predicted molar refractivity (Wildman–Crippen MR) is 73.3 cm³/mol. The van der Waals surface area contributed by atoms with Crippen molar-refractivity contribution in [2.24, 2.45) is 5.73 Å². The first-order chi connectivity index (χ1) is 9.35. The molecule has 0 aliphatic carbocycles. The zero-order valence-corrected chi connectivity index (χ0v) is 11.8. The van der Waals surface area contributed by atoms with Crippen molar-refractivity contribution in [2.45, 2.75) is 12.4 Å². The molecule has 2 N–H and O–H groups in total. The van der Waals surface area contributed by atoms with Crippen LogP contribution in [0.2, 0.25) is 0 Å². The molecule has 0 aliphatic heterocycles. The van der Waals surface area contributed by atoms with Crippen LogP contribution in [-0.4, -0.2) is 6.36 Å². The molecule has 0 saturated heterocycles. The van der Waals surface area contributed by atoms with Gasteiger partial charge in [0.15, 0.2) is 0 Å². The first-order valence-electron chi connectivity index (χ1n) is 5.72. The molecule has 2 rings (SSSR count). The first kappa shape index (κ1) is 14.9. The van der Waals surface area contributed by atoms with Crippen molar-refractivity contribution in [3.8, 4) is 5.75 Å². The van der Waals surface area contributed by atoms with Gasteiger partial charge in [-0.1, -0.05) is 40.2 Å². The van der Waals surface area contributed by atoms with Crippen molar-refractivity contribution in [1.82, 2.24) is 0 Å². The monoisotopic (exact) mass is 345 g/mol. The Bertz CT molecular complexity index is 566. The molecule has 1 atom stereocenters. The van der Waals surface area contributed by atoms with Gasteiger partial charge in [0.05, 0.1) is 6.04 Å². The minimum Gasteiger partial charge on any atom is -0.406 e. The van der Waals surface area contributed by atoms with E-state index < -0.39 is 12.4 Å². The third-order valence-electron chi connectivity index (χ3n) is 2.70. The molecule has 2 aromatic carbocycles. The highest BCUT2D eigenvalue weighted by atomic mass is 79.9. The Labute approximate surface area is 122 Å². The second kappa shape index (κ2) is 5.85. The fraction of sp³-hybridized carbons (Fsp3) is 0.143. The fourth-order valence-corrected chi connectivity index (χ4v) is 2.00. The summed E-state index contributed by atoms with van der Waals surface area (Å²) < 4.78 is 40.9. The molecule has 0 aliphatic rings. The van der Waals surface area contributed by atoms with Crippen LogP contribution in [0.4, 0.5) is 13.2 Å². The smallest absolute Gasteiger partial charge is 0.406 e. The van der Waals surface area contributed by atoms with Gasteiger partial charge in [-0.2, -0.15) is 0 Å². The summed E-state index contributed by atoms with van der Waals surface area (Å²) in [5, 5.41) is 0. The van der Waals surface area contributed by atoms with Gasteiger partial charge >= 0.3 is 6.36 Å². The lowest BCUT2D eigenvalue weighted by atomic mass is 10.00. The molecule has 0 amide bonds. The molecule has 20 heavy (non-hydrogen) atoms. The fourth-order valence-electron chi connectivity index (χ4n) is 1.74. The maximum atomic E-state index is 12.1. The molecule has 0 spiro atoms. The Morgan fingerprint density at radius 2 is 1.35 bits per heavy atom. The van der Waals surface area contributed by atoms with Crippen molar-refractivity contribution in [3.05, 3.63) is 64.1 Å². The van der Waals surface area contributed by atoms with E-state index in [1.165, 1.54) is 24.3 Å². The van der Waals surface area contributed by atoms with Crippen molar-refractivity contribution in [3.63, 3.8) is 0 Å². The number of ether oxygens (including phenoxy) is 1. The number of nitrogens with two attached hydrogens (primary N) is 1. The Kier molecular flexibility index (Phi) is 4.35. The molecule has 6 heteroatoms. The molecule has 106 valence electrons. The van der Waals surface area contributed by atoms with Crippen LogP contribution in [0.25, 0.3) is 0 Å². The first-order valence-corrected chi connectivity index (χ1v) is 6.51. The highest BCUT2D eigenvalue weighted by Crippen LogP contribution is 2.26. The zero-order valence-electron chi connectivity index (χ0n) is 10.2. The van der Waals surface area contributed by atoms with E-state index in [-0.39, 0.29) is 5.75 Å². The third kappa shape index (κ3) is 3.98. The summed E-state index contributed by atoms with van der Waals surface area (Å²) in [6.07, 6.45) is -4.69. The van der Waals surface area contributed by atoms with E-state index in [0.29, 0.717) is 5.56 Å². The Morgan fingerprint density at radius 3 is 1.80 bits per heavy atom. The molecule has 0 radical (unpaired) electrons. The molecule has 0 saturated carbocycles. The minimum absolute atomic E-state index is 0.260.